The summed E-state index contributed by atoms with van der Waals surface area (Å²) in [4.78, 5) is 28.6. The maximum Gasteiger partial charge on any atom is 0.253 e. The molecule has 0 bridgehead atoms. The van der Waals surface area contributed by atoms with E-state index in [2.05, 4.69) is 22.5 Å². The number of piperidine rings is 1. The van der Waals surface area contributed by atoms with Crippen LogP contribution in [0.15, 0.2) is 35.7 Å². The third-order valence-electron chi connectivity index (χ3n) is 5.13. The summed E-state index contributed by atoms with van der Waals surface area (Å²) in [7, 11) is 0. The van der Waals surface area contributed by atoms with Crippen LogP contribution in [0, 0.1) is 0 Å². The maximum atomic E-state index is 12.9. The summed E-state index contributed by atoms with van der Waals surface area (Å²) in [5, 5.41) is 7.97. The van der Waals surface area contributed by atoms with Gasteiger partial charge < -0.3 is 15.5 Å². The standard InChI is InChI=1S/C22H29N3O2S/c1-3-16(2)23-22(27)19-14-17(24-21(26)15-18-8-7-13-28-18)9-10-20(19)25-11-5-4-6-12-25/h7-10,13-14,16H,3-6,11-12,15H2,1-2H3,(H,23,27)(H,24,26)/t16-/m0/s1. The van der Waals surface area contributed by atoms with Crippen molar-refractivity contribution in [3.63, 3.8) is 0 Å². The number of anilines is 2. The summed E-state index contributed by atoms with van der Waals surface area (Å²) >= 11 is 1.57. The first-order valence-corrected chi connectivity index (χ1v) is 11.0. The zero-order valence-corrected chi connectivity index (χ0v) is 17.5. The summed E-state index contributed by atoms with van der Waals surface area (Å²) in [6, 6.07) is 9.69. The van der Waals surface area contributed by atoms with Crippen molar-refractivity contribution in [2.75, 3.05) is 23.3 Å². The van der Waals surface area contributed by atoms with E-state index in [4.69, 9.17) is 0 Å². The molecule has 1 fully saturated rings. The molecule has 1 aromatic heterocycles. The molecule has 3 rings (SSSR count). The van der Waals surface area contributed by atoms with Crippen LogP contribution in [0.5, 0.6) is 0 Å². The molecule has 1 aliphatic rings. The molecule has 1 saturated heterocycles. The lowest BCUT2D eigenvalue weighted by Gasteiger charge is -2.31. The number of nitrogens with zero attached hydrogens (tertiary/aromatic N) is 1. The smallest absolute Gasteiger partial charge is 0.253 e. The molecule has 28 heavy (non-hydrogen) atoms. The Hall–Kier alpha value is -2.34. The monoisotopic (exact) mass is 399 g/mol. The number of nitrogens with one attached hydrogen (secondary N) is 2. The molecule has 2 heterocycles. The number of carbonyl (C=O) groups excluding carboxylic acids is 2. The van der Waals surface area contributed by atoms with Gasteiger partial charge in [0.25, 0.3) is 5.91 Å². The van der Waals surface area contributed by atoms with E-state index in [0.717, 1.165) is 42.9 Å². The van der Waals surface area contributed by atoms with Crippen LogP contribution in [0.3, 0.4) is 0 Å². The second-order valence-electron chi connectivity index (χ2n) is 7.37. The minimum atomic E-state index is -0.0794. The zero-order valence-electron chi connectivity index (χ0n) is 16.7. The predicted octanol–water partition coefficient (Wildman–Crippen LogP) is 4.45. The Balaban J connectivity index is 1.80. The molecule has 1 aromatic carbocycles. The van der Waals surface area contributed by atoms with Gasteiger partial charge >= 0.3 is 0 Å². The normalized spacial score (nSPS) is 15.1. The molecule has 5 nitrogen and oxygen atoms in total. The summed E-state index contributed by atoms with van der Waals surface area (Å²) in [6.45, 7) is 5.99. The summed E-state index contributed by atoms with van der Waals surface area (Å²) in [5.74, 6) is -0.147. The van der Waals surface area contributed by atoms with Crippen LogP contribution in [0.1, 0.15) is 54.8 Å². The lowest BCUT2D eigenvalue weighted by Crippen LogP contribution is -2.35. The number of benzene rings is 1. The van der Waals surface area contributed by atoms with Crippen molar-refractivity contribution < 1.29 is 9.59 Å². The van der Waals surface area contributed by atoms with E-state index >= 15 is 0 Å². The average molecular weight is 400 g/mol. The van der Waals surface area contributed by atoms with Crippen molar-refractivity contribution in [1.29, 1.82) is 0 Å². The molecule has 150 valence electrons. The average Bonchev–Trinajstić information content (AvgIpc) is 3.21. The Bertz CT molecular complexity index is 798. The first-order valence-electron chi connectivity index (χ1n) is 10.1. The highest BCUT2D eigenvalue weighted by molar-refractivity contribution is 7.10. The summed E-state index contributed by atoms with van der Waals surface area (Å²) < 4.78 is 0. The van der Waals surface area contributed by atoms with Gasteiger partial charge in [0, 0.05) is 35.4 Å². The second kappa shape index (κ2) is 9.73. The number of hydrogen-bond donors (Lipinski definition) is 2. The van der Waals surface area contributed by atoms with Gasteiger partial charge in [0.05, 0.1) is 12.0 Å². The van der Waals surface area contributed by atoms with Crippen LogP contribution >= 0.6 is 11.3 Å². The molecule has 0 aliphatic carbocycles. The molecule has 1 atom stereocenters. The fourth-order valence-electron chi connectivity index (χ4n) is 3.39. The van der Waals surface area contributed by atoms with Crippen LogP contribution in [0.2, 0.25) is 0 Å². The molecule has 0 radical (unpaired) electrons. The number of carbonyl (C=O) groups is 2. The Morgan fingerprint density at radius 2 is 1.96 bits per heavy atom. The van der Waals surface area contributed by atoms with Gasteiger partial charge in [0.1, 0.15) is 0 Å². The molecule has 0 unspecified atom stereocenters. The van der Waals surface area contributed by atoms with Gasteiger partial charge in [-0.1, -0.05) is 13.0 Å². The van der Waals surface area contributed by atoms with Crippen molar-refractivity contribution >= 4 is 34.5 Å². The third-order valence-corrected chi connectivity index (χ3v) is 6.00. The quantitative estimate of drug-likeness (QED) is 0.723. The van der Waals surface area contributed by atoms with E-state index in [0.29, 0.717) is 17.7 Å². The van der Waals surface area contributed by atoms with E-state index in [1.807, 2.05) is 42.6 Å². The highest BCUT2D eigenvalue weighted by atomic mass is 32.1. The fourth-order valence-corrected chi connectivity index (χ4v) is 4.09. The van der Waals surface area contributed by atoms with Gasteiger partial charge in [-0.05, 0) is 62.3 Å². The molecule has 2 aromatic rings. The van der Waals surface area contributed by atoms with Crippen molar-refractivity contribution in [1.82, 2.24) is 5.32 Å². The topological polar surface area (TPSA) is 61.4 Å². The highest BCUT2D eigenvalue weighted by Gasteiger charge is 2.20. The number of hydrogen-bond acceptors (Lipinski definition) is 4. The largest absolute Gasteiger partial charge is 0.371 e. The van der Waals surface area contributed by atoms with E-state index in [9.17, 15) is 9.59 Å². The van der Waals surface area contributed by atoms with Crippen molar-refractivity contribution in [3.8, 4) is 0 Å². The fraction of sp³-hybridized carbons (Fsp3) is 0.455. The van der Waals surface area contributed by atoms with E-state index in [1.54, 1.807) is 11.3 Å². The third kappa shape index (κ3) is 5.35. The van der Waals surface area contributed by atoms with E-state index in [1.165, 1.54) is 6.42 Å². The molecule has 1 aliphatic heterocycles. The van der Waals surface area contributed by atoms with Gasteiger partial charge in [-0.3, -0.25) is 9.59 Å². The molecular weight excluding hydrogens is 370 g/mol. The minimum Gasteiger partial charge on any atom is -0.371 e. The van der Waals surface area contributed by atoms with Crippen LogP contribution < -0.4 is 15.5 Å². The first-order chi connectivity index (χ1) is 13.6. The number of amides is 2. The summed E-state index contributed by atoms with van der Waals surface area (Å²) in [5.41, 5.74) is 2.25. The lowest BCUT2D eigenvalue weighted by atomic mass is 10.1. The number of rotatable bonds is 7. The van der Waals surface area contributed by atoms with Crippen LogP contribution in [-0.4, -0.2) is 30.9 Å². The SMILES string of the molecule is CC[C@H](C)NC(=O)c1cc(NC(=O)Cc2cccs2)ccc1N1CCCCC1. The van der Waals surface area contributed by atoms with Gasteiger partial charge in [-0.15, -0.1) is 11.3 Å². The molecule has 2 amide bonds. The van der Waals surface area contributed by atoms with Crippen LogP contribution in [-0.2, 0) is 11.2 Å². The second-order valence-corrected chi connectivity index (χ2v) is 8.40. The Morgan fingerprint density at radius 1 is 1.18 bits per heavy atom. The van der Waals surface area contributed by atoms with Gasteiger partial charge in [-0.25, -0.2) is 0 Å². The molecular formula is C22H29N3O2S. The molecule has 0 spiro atoms. The molecule has 0 saturated carbocycles. The van der Waals surface area contributed by atoms with Crippen LogP contribution in [0.25, 0.3) is 0 Å². The van der Waals surface area contributed by atoms with Crippen molar-refractivity contribution in [2.24, 2.45) is 0 Å². The Morgan fingerprint density at radius 3 is 2.64 bits per heavy atom. The first kappa shape index (κ1) is 20.4. The summed E-state index contributed by atoms with van der Waals surface area (Å²) in [6.07, 6.45) is 4.75. The maximum absolute atomic E-state index is 12.9. The highest BCUT2D eigenvalue weighted by Crippen LogP contribution is 2.27. The van der Waals surface area contributed by atoms with Crippen molar-refractivity contribution in [3.05, 3.63) is 46.2 Å². The lowest BCUT2D eigenvalue weighted by molar-refractivity contribution is -0.115. The van der Waals surface area contributed by atoms with Crippen LogP contribution in [0.4, 0.5) is 11.4 Å². The Labute approximate surface area is 171 Å². The zero-order chi connectivity index (χ0) is 19.9. The Kier molecular flexibility index (Phi) is 7.09. The van der Waals surface area contributed by atoms with Gasteiger partial charge in [0.2, 0.25) is 5.91 Å². The van der Waals surface area contributed by atoms with Gasteiger partial charge in [-0.2, -0.15) is 0 Å². The van der Waals surface area contributed by atoms with Crippen molar-refractivity contribution in [2.45, 2.75) is 52.0 Å². The number of thiophene rings is 1. The van der Waals surface area contributed by atoms with E-state index in [-0.39, 0.29) is 17.9 Å². The van der Waals surface area contributed by atoms with Gasteiger partial charge in [0.15, 0.2) is 0 Å². The minimum absolute atomic E-state index is 0.0681. The molecule has 6 heteroatoms. The van der Waals surface area contributed by atoms with E-state index < -0.39 is 0 Å². The predicted molar refractivity (Wildman–Crippen MR) is 116 cm³/mol. The molecule has 2 N–H and O–H groups in total.